The van der Waals surface area contributed by atoms with Crippen molar-refractivity contribution in [1.29, 1.82) is 0 Å². The van der Waals surface area contributed by atoms with Gasteiger partial charge in [-0.15, -0.1) is 24.0 Å². The van der Waals surface area contributed by atoms with E-state index in [1.165, 1.54) is 30.3 Å². The molecule has 1 heterocycles. The summed E-state index contributed by atoms with van der Waals surface area (Å²) in [4.78, 5) is 6.75. The first-order valence-electron chi connectivity index (χ1n) is 9.80. The van der Waals surface area contributed by atoms with E-state index in [0.29, 0.717) is 12.5 Å². The zero-order valence-electron chi connectivity index (χ0n) is 17.1. The van der Waals surface area contributed by atoms with E-state index in [4.69, 9.17) is 0 Å². The molecule has 1 aromatic carbocycles. The van der Waals surface area contributed by atoms with Crippen molar-refractivity contribution in [2.24, 2.45) is 10.4 Å². The normalized spacial score (nSPS) is 19.7. The van der Waals surface area contributed by atoms with Gasteiger partial charge in [-0.05, 0) is 50.3 Å². The van der Waals surface area contributed by atoms with Gasteiger partial charge in [-0.25, -0.2) is 8.42 Å². The first-order valence-corrected chi connectivity index (χ1v) is 11.9. The highest BCUT2D eigenvalue weighted by atomic mass is 127. The largest absolute Gasteiger partial charge is 0.372 e. The Balaban J connectivity index is 0.00000280. The second-order valence-corrected chi connectivity index (χ2v) is 10.3. The molecule has 0 radical (unpaired) electrons. The minimum atomic E-state index is -2.96. The topological polar surface area (TPSA) is 73.8 Å². The number of hydrogen-bond donors (Lipinski definition) is 2. The van der Waals surface area contributed by atoms with E-state index in [1.54, 1.807) is 7.05 Å². The Morgan fingerprint density at radius 1 is 1.29 bits per heavy atom. The number of rotatable bonds is 7. The van der Waals surface area contributed by atoms with Crippen LogP contribution in [0.15, 0.2) is 29.3 Å². The third-order valence-corrected chi connectivity index (χ3v) is 6.71. The molecule has 28 heavy (non-hydrogen) atoms. The quantitative estimate of drug-likeness (QED) is 0.329. The third-order valence-electron chi connectivity index (χ3n) is 5.57. The molecule has 1 saturated heterocycles. The van der Waals surface area contributed by atoms with Crippen molar-refractivity contribution >= 4 is 45.5 Å². The zero-order valence-corrected chi connectivity index (χ0v) is 20.2. The van der Waals surface area contributed by atoms with Crippen LogP contribution in [0.25, 0.3) is 0 Å². The summed E-state index contributed by atoms with van der Waals surface area (Å²) in [6.45, 7) is 5.04. The van der Waals surface area contributed by atoms with E-state index in [0.717, 1.165) is 25.9 Å². The van der Waals surface area contributed by atoms with Gasteiger partial charge in [0.1, 0.15) is 9.84 Å². The molecule has 1 atom stereocenters. The molecular weight excluding hydrogens is 487 g/mol. The van der Waals surface area contributed by atoms with Crippen molar-refractivity contribution in [2.45, 2.75) is 38.6 Å². The van der Waals surface area contributed by atoms with Crippen molar-refractivity contribution in [3.8, 4) is 0 Å². The van der Waals surface area contributed by atoms with E-state index in [-0.39, 0.29) is 41.2 Å². The van der Waals surface area contributed by atoms with Gasteiger partial charge in [0.05, 0.1) is 11.8 Å². The highest BCUT2D eigenvalue weighted by Gasteiger charge is 2.45. The minimum absolute atomic E-state index is 0. The lowest BCUT2D eigenvalue weighted by Gasteiger charge is -2.23. The average molecular weight is 520 g/mol. The summed E-state index contributed by atoms with van der Waals surface area (Å²) in [7, 11) is -1.21. The summed E-state index contributed by atoms with van der Waals surface area (Å²) in [5, 5.41) is 6.76. The number of nitrogens with one attached hydrogen (secondary N) is 2. The number of benzene rings is 1. The molecule has 2 N–H and O–H groups in total. The molecule has 158 valence electrons. The number of sulfone groups is 1. The maximum Gasteiger partial charge on any atom is 0.191 e. The van der Waals surface area contributed by atoms with Gasteiger partial charge >= 0.3 is 0 Å². The van der Waals surface area contributed by atoms with Gasteiger partial charge in [-0.3, -0.25) is 4.99 Å². The number of guanidine groups is 1. The van der Waals surface area contributed by atoms with Gasteiger partial charge in [-0.1, -0.05) is 12.1 Å². The fourth-order valence-electron chi connectivity index (χ4n) is 3.83. The second kappa shape index (κ2) is 9.65. The van der Waals surface area contributed by atoms with E-state index >= 15 is 0 Å². The van der Waals surface area contributed by atoms with Crippen LogP contribution in [-0.2, 0) is 9.84 Å². The summed E-state index contributed by atoms with van der Waals surface area (Å²) in [5.41, 5.74) is 2.38. The number of nitrogens with zero attached hydrogens (tertiary/aromatic N) is 2. The Kier molecular flexibility index (Phi) is 8.01. The lowest BCUT2D eigenvalue weighted by molar-refractivity contribution is 0.526. The van der Waals surface area contributed by atoms with Gasteiger partial charge in [0, 0.05) is 44.0 Å². The van der Waals surface area contributed by atoms with E-state index < -0.39 is 9.84 Å². The van der Waals surface area contributed by atoms with E-state index in [2.05, 4.69) is 51.7 Å². The van der Waals surface area contributed by atoms with Gasteiger partial charge in [0.15, 0.2) is 5.96 Å². The van der Waals surface area contributed by atoms with Crippen molar-refractivity contribution < 1.29 is 8.42 Å². The standard InChI is InChI=1S/C20H32N4O2S.HI/c1-16(17-7-6-8-18(13-17)24-11-4-5-12-24)23-19(21-2)22-14-20(9-10-20)15-27(3,25)26;/h6-8,13,16H,4-5,9-12,14-15H2,1-3H3,(H2,21,22,23);1H. The molecule has 1 aromatic rings. The summed E-state index contributed by atoms with van der Waals surface area (Å²) >= 11 is 0. The van der Waals surface area contributed by atoms with Crippen LogP contribution in [-0.4, -0.2) is 53.1 Å². The molecule has 3 rings (SSSR count). The highest BCUT2D eigenvalue weighted by molar-refractivity contribution is 14.0. The fourth-order valence-corrected chi connectivity index (χ4v) is 5.33. The number of hydrogen-bond acceptors (Lipinski definition) is 4. The fraction of sp³-hybridized carbons (Fsp3) is 0.650. The monoisotopic (exact) mass is 520 g/mol. The lowest BCUT2D eigenvalue weighted by atomic mass is 10.1. The molecule has 0 amide bonds. The van der Waals surface area contributed by atoms with Crippen molar-refractivity contribution in [3.05, 3.63) is 29.8 Å². The molecule has 6 nitrogen and oxygen atoms in total. The van der Waals surface area contributed by atoms with Gasteiger partial charge < -0.3 is 15.5 Å². The Morgan fingerprint density at radius 2 is 1.96 bits per heavy atom. The molecule has 0 aromatic heterocycles. The van der Waals surface area contributed by atoms with Gasteiger partial charge in [-0.2, -0.15) is 0 Å². The maximum atomic E-state index is 11.6. The van der Waals surface area contributed by atoms with Crippen LogP contribution in [0.4, 0.5) is 5.69 Å². The number of halogens is 1. The molecule has 1 aliphatic carbocycles. The van der Waals surface area contributed by atoms with Crippen LogP contribution in [0.1, 0.15) is 44.2 Å². The van der Waals surface area contributed by atoms with Crippen LogP contribution in [0, 0.1) is 5.41 Å². The third kappa shape index (κ3) is 6.50. The molecule has 0 spiro atoms. The molecule has 2 fully saturated rings. The molecule has 1 aliphatic heterocycles. The van der Waals surface area contributed by atoms with Crippen molar-refractivity contribution in [3.63, 3.8) is 0 Å². The zero-order chi connectivity index (χ0) is 19.5. The van der Waals surface area contributed by atoms with Gasteiger partial charge in [0.2, 0.25) is 0 Å². The Hall–Kier alpha value is -1.03. The predicted octanol–water partition coefficient (Wildman–Crippen LogP) is 2.96. The van der Waals surface area contributed by atoms with Crippen LogP contribution < -0.4 is 15.5 Å². The second-order valence-electron chi connectivity index (χ2n) is 8.15. The van der Waals surface area contributed by atoms with E-state index in [9.17, 15) is 8.42 Å². The summed E-state index contributed by atoms with van der Waals surface area (Å²) in [5.74, 6) is 0.964. The Bertz CT molecular complexity index is 787. The van der Waals surface area contributed by atoms with Gasteiger partial charge in [0.25, 0.3) is 0 Å². The number of anilines is 1. The maximum absolute atomic E-state index is 11.6. The summed E-state index contributed by atoms with van der Waals surface area (Å²) < 4.78 is 23.3. The van der Waals surface area contributed by atoms with E-state index in [1.807, 2.05) is 0 Å². The Labute approximate surface area is 186 Å². The van der Waals surface area contributed by atoms with Crippen molar-refractivity contribution in [1.82, 2.24) is 10.6 Å². The van der Waals surface area contributed by atoms with Crippen LogP contribution in [0.5, 0.6) is 0 Å². The molecule has 1 unspecified atom stereocenters. The predicted molar refractivity (Wildman–Crippen MR) is 128 cm³/mol. The smallest absolute Gasteiger partial charge is 0.191 e. The molecular formula is C20H33IN4O2S. The van der Waals surface area contributed by atoms with Crippen LogP contribution in [0.3, 0.4) is 0 Å². The lowest BCUT2D eigenvalue weighted by Crippen LogP contribution is -2.42. The SMILES string of the molecule is CN=C(NCC1(CS(C)(=O)=O)CC1)NC(C)c1cccc(N2CCCC2)c1.I. The van der Waals surface area contributed by atoms with Crippen LogP contribution in [0.2, 0.25) is 0 Å². The molecule has 0 bridgehead atoms. The first kappa shape index (κ1) is 23.3. The summed E-state index contributed by atoms with van der Waals surface area (Å²) in [6, 6.07) is 8.79. The summed E-state index contributed by atoms with van der Waals surface area (Å²) in [6.07, 6.45) is 5.76. The average Bonchev–Trinajstić information content (AvgIpc) is 3.15. The minimum Gasteiger partial charge on any atom is -0.372 e. The Morgan fingerprint density at radius 3 is 2.54 bits per heavy atom. The van der Waals surface area contributed by atoms with Crippen LogP contribution >= 0.6 is 24.0 Å². The molecule has 2 aliphatic rings. The van der Waals surface area contributed by atoms with Crippen molar-refractivity contribution in [2.75, 3.05) is 43.6 Å². The first-order chi connectivity index (χ1) is 12.8. The highest BCUT2D eigenvalue weighted by Crippen LogP contribution is 2.46. The molecule has 8 heteroatoms. The molecule has 1 saturated carbocycles. The number of aliphatic imine (C=N–C) groups is 1.